The van der Waals surface area contributed by atoms with Crippen molar-refractivity contribution in [3.05, 3.63) is 48.2 Å². The second kappa shape index (κ2) is 8.75. The Balaban J connectivity index is 1.59. The van der Waals surface area contributed by atoms with E-state index in [0.717, 1.165) is 31.6 Å². The average Bonchev–Trinajstić information content (AvgIpc) is 2.64. The van der Waals surface area contributed by atoms with Crippen LogP contribution in [0.25, 0.3) is 0 Å². The molecule has 3 rings (SSSR count). The number of benzene rings is 1. The van der Waals surface area contributed by atoms with E-state index in [9.17, 15) is 12.8 Å². The molecule has 8 heteroatoms. The highest BCUT2D eigenvalue weighted by Gasteiger charge is 2.28. The lowest BCUT2D eigenvalue weighted by Crippen LogP contribution is -2.36. The summed E-state index contributed by atoms with van der Waals surface area (Å²) in [7, 11) is -3.63. The highest BCUT2D eigenvalue weighted by molar-refractivity contribution is 7.91. The first kappa shape index (κ1) is 21.6. The lowest BCUT2D eigenvalue weighted by Gasteiger charge is -2.32. The number of hydrogen-bond acceptors (Lipinski definition) is 6. The van der Waals surface area contributed by atoms with Gasteiger partial charge in [0.1, 0.15) is 22.0 Å². The van der Waals surface area contributed by atoms with Crippen molar-refractivity contribution in [1.82, 2.24) is 14.9 Å². The fraction of sp³-hybridized carbons (Fsp3) is 0.524. The quantitative estimate of drug-likeness (QED) is 0.711. The van der Waals surface area contributed by atoms with Crippen LogP contribution in [-0.4, -0.2) is 47.7 Å². The summed E-state index contributed by atoms with van der Waals surface area (Å²) >= 11 is 0. The smallest absolute Gasteiger partial charge is 0.237 e. The molecular formula is C21H28FN3O3S. The first-order valence-electron chi connectivity index (χ1n) is 9.82. The molecule has 0 spiro atoms. The van der Waals surface area contributed by atoms with Crippen LogP contribution in [0.2, 0.25) is 0 Å². The van der Waals surface area contributed by atoms with Gasteiger partial charge in [-0.05, 0) is 64.8 Å². The molecule has 0 unspecified atom stereocenters. The summed E-state index contributed by atoms with van der Waals surface area (Å²) in [5.41, 5.74) is 0.415. The number of halogens is 1. The van der Waals surface area contributed by atoms with Crippen LogP contribution in [0.15, 0.2) is 41.6 Å². The van der Waals surface area contributed by atoms with E-state index < -0.39 is 15.7 Å². The molecule has 1 aliphatic heterocycles. The normalized spacial score (nSPS) is 16.7. The molecule has 6 nitrogen and oxygen atoms in total. The minimum Gasteiger partial charge on any atom is -0.471 e. The summed E-state index contributed by atoms with van der Waals surface area (Å²) in [6, 6.07) is 5.58. The van der Waals surface area contributed by atoms with Gasteiger partial charge in [0.15, 0.2) is 9.84 Å². The Morgan fingerprint density at radius 2 is 1.79 bits per heavy atom. The number of aromatic nitrogens is 2. The Bertz CT molecular complexity index is 936. The van der Waals surface area contributed by atoms with Crippen molar-refractivity contribution in [2.45, 2.75) is 50.7 Å². The van der Waals surface area contributed by atoms with E-state index in [1.54, 1.807) is 18.5 Å². The van der Waals surface area contributed by atoms with Crippen LogP contribution in [0.1, 0.15) is 39.3 Å². The summed E-state index contributed by atoms with van der Waals surface area (Å²) in [6.07, 6.45) is 4.75. The number of nitrogens with zero attached hydrogens (tertiary/aromatic N) is 3. The largest absolute Gasteiger partial charge is 0.471 e. The molecule has 1 saturated heterocycles. The van der Waals surface area contributed by atoms with Gasteiger partial charge < -0.3 is 4.74 Å². The van der Waals surface area contributed by atoms with E-state index in [2.05, 4.69) is 14.9 Å². The van der Waals surface area contributed by atoms with Crippen molar-refractivity contribution in [3.63, 3.8) is 0 Å². The molecule has 158 valence electrons. The minimum absolute atomic E-state index is 0.0167. The number of piperidine rings is 1. The maximum atomic E-state index is 13.9. The van der Waals surface area contributed by atoms with Gasteiger partial charge >= 0.3 is 0 Å². The van der Waals surface area contributed by atoms with Gasteiger partial charge in [-0.25, -0.2) is 17.8 Å². The van der Waals surface area contributed by atoms with Crippen LogP contribution in [0.3, 0.4) is 0 Å². The maximum absolute atomic E-state index is 13.9. The predicted octanol–water partition coefficient (Wildman–Crippen LogP) is 3.48. The Labute approximate surface area is 172 Å². The molecule has 0 N–H and O–H groups in total. The SMILES string of the molecule is CC(C)(C)Oc1nccnc1CN1CCC(CS(=O)(=O)c2ccccc2F)CC1. The topological polar surface area (TPSA) is 72.4 Å². The van der Waals surface area contributed by atoms with Crippen LogP contribution in [0.5, 0.6) is 5.88 Å². The fourth-order valence-corrected chi connectivity index (χ4v) is 5.24. The second-order valence-corrected chi connectivity index (χ2v) is 10.5. The zero-order valence-electron chi connectivity index (χ0n) is 17.1. The third kappa shape index (κ3) is 5.96. The van der Waals surface area contributed by atoms with Crippen molar-refractivity contribution >= 4 is 9.84 Å². The Hall–Kier alpha value is -2.06. The predicted molar refractivity (Wildman–Crippen MR) is 109 cm³/mol. The number of sulfone groups is 1. The van der Waals surface area contributed by atoms with E-state index in [0.29, 0.717) is 12.4 Å². The summed E-state index contributed by atoms with van der Waals surface area (Å²) in [6.45, 7) is 8.00. The van der Waals surface area contributed by atoms with Crippen LogP contribution >= 0.6 is 0 Å². The molecule has 1 aliphatic rings. The van der Waals surface area contributed by atoms with E-state index >= 15 is 0 Å². The van der Waals surface area contributed by atoms with Gasteiger partial charge in [0.05, 0.1) is 5.75 Å². The monoisotopic (exact) mass is 421 g/mol. The Kier molecular flexibility index (Phi) is 6.53. The van der Waals surface area contributed by atoms with Gasteiger partial charge in [-0.2, -0.15) is 0 Å². The molecular weight excluding hydrogens is 393 g/mol. The highest BCUT2D eigenvalue weighted by Crippen LogP contribution is 2.26. The number of ether oxygens (including phenoxy) is 1. The van der Waals surface area contributed by atoms with Crippen molar-refractivity contribution < 1.29 is 17.5 Å². The van der Waals surface area contributed by atoms with Gasteiger partial charge in [-0.15, -0.1) is 0 Å². The zero-order valence-corrected chi connectivity index (χ0v) is 18.0. The molecule has 0 atom stereocenters. The zero-order chi connectivity index (χ0) is 21.1. The molecule has 2 aromatic rings. The lowest BCUT2D eigenvalue weighted by atomic mass is 9.99. The third-order valence-corrected chi connectivity index (χ3v) is 6.76. The Morgan fingerprint density at radius 3 is 2.45 bits per heavy atom. The number of hydrogen-bond donors (Lipinski definition) is 0. The van der Waals surface area contributed by atoms with Crippen molar-refractivity contribution in [1.29, 1.82) is 0 Å². The molecule has 1 aromatic carbocycles. The van der Waals surface area contributed by atoms with E-state index in [4.69, 9.17) is 4.74 Å². The molecule has 1 fully saturated rings. The second-order valence-electron chi connectivity index (χ2n) is 8.45. The molecule has 0 aliphatic carbocycles. The van der Waals surface area contributed by atoms with Gasteiger partial charge in [0.2, 0.25) is 5.88 Å². The van der Waals surface area contributed by atoms with Gasteiger partial charge in [0.25, 0.3) is 0 Å². The molecule has 0 amide bonds. The average molecular weight is 422 g/mol. The molecule has 0 bridgehead atoms. The number of rotatable bonds is 6. The van der Waals surface area contributed by atoms with Crippen LogP contribution in [-0.2, 0) is 16.4 Å². The molecule has 29 heavy (non-hydrogen) atoms. The Morgan fingerprint density at radius 1 is 1.14 bits per heavy atom. The van der Waals surface area contributed by atoms with Crippen molar-refractivity contribution in [2.75, 3.05) is 18.8 Å². The first-order chi connectivity index (χ1) is 13.6. The third-order valence-electron chi connectivity index (χ3n) is 4.85. The number of likely N-dealkylation sites (tertiary alicyclic amines) is 1. The van der Waals surface area contributed by atoms with Gasteiger partial charge in [0, 0.05) is 18.9 Å². The summed E-state index contributed by atoms with van der Waals surface area (Å²) in [5.74, 6) is -0.156. The summed E-state index contributed by atoms with van der Waals surface area (Å²) in [5, 5.41) is 0. The maximum Gasteiger partial charge on any atom is 0.237 e. The summed E-state index contributed by atoms with van der Waals surface area (Å²) < 4.78 is 45.0. The van der Waals surface area contributed by atoms with E-state index in [-0.39, 0.29) is 22.2 Å². The molecule has 2 heterocycles. The lowest BCUT2D eigenvalue weighted by molar-refractivity contribution is 0.117. The fourth-order valence-electron chi connectivity index (χ4n) is 3.46. The van der Waals surface area contributed by atoms with Gasteiger partial charge in [-0.3, -0.25) is 9.88 Å². The van der Waals surface area contributed by atoms with Crippen LogP contribution < -0.4 is 4.74 Å². The van der Waals surface area contributed by atoms with Crippen molar-refractivity contribution in [3.8, 4) is 5.88 Å². The minimum atomic E-state index is -3.63. The first-order valence-corrected chi connectivity index (χ1v) is 11.5. The van der Waals surface area contributed by atoms with Crippen molar-refractivity contribution in [2.24, 2.45) is 5.92 Å². The summed E-state index contributed by atoms with van der Waals surface area (Å²) in [4.78, 5) is 10.8. The molecule has 1 aromatic heterocycles. The standard InChI is InChI=1S/C21H28FN3O3S/c1-21(2,3)28-20-18(23-10-11-24-20)14-25-12-8-16(9-13-25)15-29(26,27)19-7-5-4-6-17(19)22/h4-7,10-11,16H,8-9,12-15H2,1-3H3. The van der Waals surface area contributed by atoms with Crippen LogP contribution in [0.4, 0.5) is 4.39 Å². The van der Waals surface area contributed by atoms with E-state index in [1.165, 1.54) is 18.2 Å². The van der Waals surface area contributed by atoms with E-state index in [1.807, 2.05) is 20.8 Å². The van der Waals surface area contributed by atoms with Gasteiger partial charge in [-0.1, -0.05) is 12.1 Å². The molecule has 0 saturated carbocycles. The molecule has 0 radical (unpaired) electrons. The van der Waals surface area contributed by atoms with Crippen LogP contribution in [0, 0.1) is 11.7 Å². The highest BCUT2D eigenvalue weighted by atomic mass is 32.2.